The predicted octanol–water partition coefficient (Wildman–Crippen LogP) is 3.03. The van der Waals surface area contributed by atoms with Crippen molar-refractivity contribution < 1.29 is 14.3 Å². The molecule has 3 atom stereocenters. The number of likely N-dealkylation sites (tertiary alicyclic amines) is 1. The second kappa shape index (κ2) is 7.28. The van der Waals surface area contributed by atoms with Gasteiger partial charge < -0.3 is 19.9 Å². The second-order valence-corrected chi connectivity index (χ2v) is 7.75. The molecule has 2 N–H and O–H groups in total. The summed E-state index contributed by atoms with van der Waals surface area (Å²) < 4.78 is 5.28. The van der Waals surface area contributed by atoms with E-state index >= 15 is 0 Å². The van der Waals surface area contributed by atoms with Crippen LogP contribution in [0.3, 0.4) is 0 Å². The van der Waals surface area contributed by atoms with Gasteiger partial charge in [-0.1, -0.05) is 6.92 Å². The van der Waals surface area contributed by atoms with Crippen LogP contribution in [0.5, 0.6) is 0 Å². The maximum Gasteiger partial charge on any atom is 0.407 e. The number of alkyl carbamates (subject to hydrolysis) is 1. The van der Waals surface area contributed by atoms with Crippen LogP contribution in [-0.4, -0.2) is 46.6 Å². The van der Waals surface area contributed by atoms with E-state index in [4.69, 9.17) is 4.74 Å². The van der Waals surface area contributed by atoms with E-state index in [0.717, 1.165) is 6.42 Å². The van der Waals surface area contributed by atoms with Crippen LogP contribution in [0.15, 0.2) is 18.3 Å². The average molecular weight is 335 g/mol. The van der Waals surface area contributed by atoms with Crippen LogP contribution in [-0.2, 0) is 4.74 Å². The molecule has 1 aromatic rings. The van der Waals surface area contributed by atoms with Gasteiger partial charge in [0.15, 0.2) is 0 Å². The maximum atomic E-state index is 12.6. The van der Waals surface area contributed by atoms with E-state index in [0.29, 0.717) is 24.7 Å². The van der Waals surface area contributed by atoms with E-state index < -0.39 is 11.7 Å². The van der Waals surface area contributed by atoms with Crippen molar-refractivity contribution in [2.45, 2.75) is 52.7 Å². The zero-order chi connectivity index (χ0) is 17.9. The summed E-state index contributed by atoms with van der Waals surface area (Å²) in [6.07, 6.45) is 2.27. The summed E-state index contributed by atoms with van der Waals surface area (Å²) in [7, 11) is 0. The van der Waals surface area contributed by atoms with Gasteiger partial charge in [-0.05, 0) is 58.1 Å². The number of rotatable bonds is 3. The third-order valence-electron chi connectivity index (χ3n) is 4.48. The Labute approximate surface area is 143 Å². The van der Waals surface area contributed by atoms with Crippen LogP contribution < -0.4 is 5.32 Å². The molecule has 2 heterocycles. The number of carbonyl (C=O) groups is 2. The highest BCUT2D eigenvalue weighted by molar-refractivity contribution is 5.92. The largest absolute Gasteiger partial charge is 0.444 e. The summed E-state index contributed by atoms with van der Waals surface area (Å²) >= 11 is 0. The number of nitrogens with zero attached hydrogens (tertiary/aromatic N) is 1. The Balaban J connectivity index is 1.95. The molecular formula is C18H29N3O3. The number of nitrogens with one attached hydrogen (secondary N) is 2. The van der Waals surface area contributed by atoms with Gasteiger partial charge >= 0.3 is 6.09 Å². The molecule has 1 aromatic heterocycles. The van der Waals surface area contributed by atoms with E-state index in [9.17, 15) is 9.59 Å². The number of amides is 2. The molecule has 1 fully saturated rings. The smallest absolute Gasteiger partial charge is 0.407 e. The van der Waals surface area contributed by atoms with Crippen LogP contribution in [0.4, 0.5) is 4.79 Å². The molecule has 6 nitrogen and oxygen atoms in total. The van der Waals surface area contributed by atoms with Crippen LogP contribution >= 0.6 is 0 Å². The fourth-order valence-electron chi connectivity index (χ4n) is 3.17. The number of ether oxygens (including phenoxy) is 1. The molecule has 0 saturated carbocycles. The number of aromatic nitrogens is 1. The van der Waals surface area contributed by atoms with Gasteiger partial charge in [-0.2, -0.15) is 0 Å². The fraction of sp³-hybridized carbons (Fsp3) is 0.667. The zero-order valence-electron chi connectivity index (χ0n) is 15.3. The minimum Gasteiger partial charge on any atom is -0.444 e. The summed E-state index contributed by atoms with van der Waals surface area (Å²) in [5.74, 6) is 0.664. The molecule has 1 aliphatic heterocycles. The van der Waals surface area contributed by atoms with Crippen molar-refractivity contribution in [2.75, 3.05) is 13.1 Å². The maximum absolute atomic E-state index is 12.6. The average Bonchev–Trinajstić information content (AvgIpc) is 2.98. The van der Waals surface area contributed by atoms with Gasteiger partial charge in [-0.3, -0.25) is 4.79 Å². The quantitative estimate of drug-likeness (QED) is 0.891. The van der Waals surface area contributed by atoms with Crippen molar-refractivity contribution in [3.05, 3.63) is 24.0 Å². The Morgan fingerprint density at radius 1 is 1.38 bits per heavy atom. The lowest BCUT2D eigenvalue weighted by molar-refractivity contribution is 0.0398. The summed E-state index contributed by atoms with van der Waals surface area (Å²) in [6, 6.07) is 3.81. The van der Waals surface area contributed by atoms with Crippen molar-refractivity contribution in [3.63, 3.8) is 0 Å². The molecule has 24 heavy (non-hydrogen) atoms. The van der Waals surface area contributed by atoms with Crippen LogP contribution in [0, 0.1) is 11.8 Å². The molecule has 0 aromatic carbocycles. The molecule has 134 valence electrons. The third-order valence-corrected chi connectivity index (χ3v) is 4.48. The first-order valence-corrected chi connectivity index (χ1v) is 8.58. The molecule has 1 aliphatic rings. The van der Waals surface area contributed by atoms with E-state index in [2.05, 4.69) is 24.1 Å². The van der Waals surface area contributed by atoms with Crippen LogP contribution in [0.25, 0.3) is 0 Å². The van der Waals surface area contributed by atoms with Crippen LogP contribution in [0.2, 0.25) is 0 Å². The highest BCUT2D eigenvalue weighted by Gasteiger charge is 2.34. The third kappa shape index (κ3) is 4.76. The van der Waals surface area contributed by atoms with Crippen molar-refractivity contribution in [1.82, 2.24) is 15.2 Å². The topological polar surface area (TPSA) is 74.4 Å². The van der Waals surface area contributed by atoms with Crippen molar-refractivity contribution in [2.24, 2.45) is 11.8 Å². The number of carbonyl (C=O) groups excluding carboxylic acids is 2. The molecule has 6 heteroatoms. The van der Waals surface area contributed by atoms with E-state index in [1.807, 2.05) is 31.7 Å². The standard InChI is InChI=1S/C18H29N3O3/c1-12-9-13(2)21(16(22)15-7-6-8-19-15)11-14(12)10-20-17(23)24-18(3,4)5/h6-8,12-14,19H,9-11H2,1-5H3,(H,20,23). The highest BCUT2D eigenvalue weighted by Crippen LogP contribution is 2.28. The summed E-state index contributed by atoms with van der Waals surface area (Å²) in [4.78, 5) is 29.4. The lowest BCUT2D eigenvalue weighted by Crippen LogP contribution is -2.51. The molecule has 0 aliphatic carbocycles. The Bertz CT molecular complexity index is 563. The predicted molar refractivity (Wildman–Crippen MR) is 92.8 cm³/mol. The van der Waals surface area contributed by atoms with E-state index in [1.54, 1.807) is 12.3 Å². The van der Waals surface area contributed by atoms with Gasteiger partial charge in [0.2, 0.25) is 0 Å². The van der Waals surface area contributed by atoms with Gasteiger partial charge in [0.05, 0.1) is 0 Å². The van der Waals surface area contributed by atoms with Gasteiger partial charge in [0.1, 0.15) is 11.3 Å². The van der Waals surface area contributed by atoms with Crippen LogP contribution in [0.1, 0.15) is 51.5 Å². The first-order valence-electron chi connectivity index (χ1n) is 8.58. The summed E-state index contributed by atoms with van der Waals surface area (Å²) in [5.41, 5.74) is 0.0992. The van der Waals surface area contributed by atoms with Crippen molar-refractivity contribution in [3.8, 4) is 0 Å². The number of hydrogen-bond acceptors (Lipinski definition) is 3. The minimum atomic E-state index is -0.508. The molecule has 2 amide bonds. The van der Waals surface area contributed by atoms with Gasteiger partial charge in [-0.25, -0.2) is 4.79 Å². The lowest BCUT2D eigenvalue weighted by atomic mass is 9.83. The van der Waals surface area contributed by atoms with Crippen molar-refractivity contribution in [1.29, 1.82) is 0 Å². The molecule has 0 bridgehead atoms. The summed E-state index contributed by atoms with van der Waals surface area (Å²) in [5, 5.41) is 2.84. The second-order valence-electron chi connectivity index (χ2n) is 7.75. The minimum absolute atomic E-state index is 0.0154. The molecule has 0 radical (unpaired) electrons. The molecule has 2 rings (SSSR count). The Kier molecular flexibility index (Phi) is 5.57. The van der Waals surface area contributed by atoms with Gasteiger partial charge in [0.25, 0.3) is 5.91 Å². The number of H-pyrrole nitrogens is 1. The first kappa shape index (κ1) is 18.4. The summed E-state index contributed by atoms with van der Waals surface area (Å²) in [6.45, 7) is 10.9. The lowest BCUT2D eigenvalue weighted by Gasteiger charge is -2.41. The number of aromatic amines is 1. The van der Waals surface area contributed by atoms with E-state index in [-0.39, 0.29) is 17.9 Å². The monoisotopic (exact) mass is 335 g/mol. The normalized spacial score (nSPS) is 24.5. The van der Waals surface area contributed by atoms with Gasteiger partial charge in [0, 0.05) is 25.3 Å². The van der Waals surface area contributed by atoms with Crippen molar-refractivity contribution >= 4 is 12.0 Å². The molecule has 1 saturated heterocycles. The molecule has 3 unspecified atom stereocenters. The number of hydrogen-bond donors (Lipinski definition) is 2. The Morgan fingerprint density at radius 3 is 2.67 bits per heavy atom. The number of piperidine rings is 1. The van der Waals surface area contributed by atoms with E-state index in [1.165, 1.54) is 0 Å². The first-order chi connectivity index (χ1) is 11.2. The van der Waals surface area contributed by atoms with Gasteiger partial charge in [-0.15, -0.1) is 0 Å². The SMILES string of the molecule is CC1CC(C)N(C(=O)c2ccc[nH]2)CC1CNC(=O)OC(C)(C)C. The Hall–Kier alpha value is -1.98. The zero-order valence-corrected chi connectivity index (χ0v) is 15.3. The fourth-order valence-corrected chi connectivity index (χ4v) is 3.17. The Morgan fingerprint density at radius 2 is 2.08 bits per heavy atom. The molecule has 0 spiro atoms. The highest BCUT2D eigenvalue weighted by atomic mass is 16.6. The molecular weight excluding hydrogens is 306 g/mol.